The summed E-state index contributed by atoms with van der Waals surface area (Å²) in [6, 6.07) is 0.319. The third-order valence-electron chi connectivity index (χ3n) is 2.00. The minimum Gasteiger partial charge on any atom is -0.396 e. The Bertz CT molecular complexity index is 248. The number of aryl methyl sites for hydroxylation is 1. The largest absolute Gasteiger partial charge is 0.396 e. The van der Waals surface area contributed by atoms with Crippen LogP contribution in [0.4, 0.5) is 0 Å². The van der Waals surface area contributed by atoms with Crippen molar-refractivity contribution in [3.05, 3.63) is 11.9 Å². The minimum atomic E-state index is 0.220. The fourth-order valence-electron chi connectivity index (χ4n) is 1.05. The molecule has 0 fully saturated rings. The van der Waals surface area contributed by atoms with Crippen molar-refractivity contribution < 1.29 is 5.11 Å². The third-order valence-corrected chi connectivity index (χ3v) is 2.00. The van der Waals surface area contributed by atoms with Crippen LogP contribution >= 0.6 is 0 Å². The number of aromatic nitrogens is 3. The van der Waals surface area contributed by atoms with Gasteiger partial charge < -0.3 is 10.4 Å². The topological polar surface area (TPSA) is 63.0 Å². The smallest absolute Gasteiger partial charge is 0.0738 e. The lowest BCUT2D eigenvalue weighted by atomic mass is 10.2. The quantitative estimate of drug-likeness (QED) is 0.658. The second-order valence-electron chi connectivity index (χ2n) is 3.14. The van der Waals surface area contributed by atoms with Crippen molar-refractivity contribution >= 4 is 0 Å². The number of nitrogens with zero attached hydrogens (tertiary/aromatic N) is 3. The summed E-state index contributed by atoms with van der Waals surface area (Å²) in [6.07, 6.45) is 2.50. The molecule has 5 heteroatoms. The first kappa shape index (κ1) is 10.1. The molecule has 0 saturated heterocycles. The second kappa shape index (κ2) is 4.94. The van der Waals surface area contributed by atoms with Crippen LogP contribution in [-0.2, 0) is 13.6 Å². The van der Waals surface area contributed by atoms with E-state index in [0.29, 0.717) is 6.04 Å². The molecule has 2 N–H and O–H groups in total. The zero-order valence-electron chi connectivity index (χ0n) is 8.06. The third kappa shape index (κ3) is 3.12. The highest BCUT2D eigenvalue weighted by atomic mass is 16.3. The Kier molecular flexibility index (Phi) is 3.85. The molecule has 1 aromatic heterocycles. The SMILES string of the molecule is CC(CCO)NCc1cnnn1C. The normalized spacial score (nSPS) is 13.2. The molecule has 74 valence electrons. The zero-order chi connectivity index (χ0) is 9.68. The van der Waals surface area contributed by atoms with E-state index in [9.17, 15) is 0 Å². The molecule has 0 aromatic carbocycles. The van der Waals surface area contributed by atoms with Crippen molar-refractivity contribution in [2.24, 2.45) is 7.05 Å². The van der Waals surface area contributed by atoms with E-state index in [0.717, 1.165) is 18.7 Å². The predicted octanol–water partition coefficient (Wildman–Crippen LogP) is -0.324. The van der Waals surface area contributed by atoms with Crippen LogP contribution in [-0.4, -0.2) is 32.7 Å². The van der Waals surface area contributed by atoms with Gasteiger partial charge in [0.2, 0.25) is 0 Å². The van der Waals surface area contributed by atoms with Gasteiger partial charge in [-0.3, -0.25) is 4.68 Å². The Morgan fingerprint density at radius 1 is 1.69 bits per heavy atom. The van der Waals surface area contributed by atoms with Crippen molar-refractivity contribution in [3.8, 4) is 0 Å². The predicted molar refractivity (Wildman–Crippen MR) is 49.0 cm³/mol. The van der Waals surface area contributed by atoms with Crippen LogP contribution in [0.2, 0.25) is 0 Å². The maximum atomic E-state index is 8.68. The molecule has 1 aromatic rings. The Morgan fingerprint density at radius 3 is 3.00 bits per heavy atom. The van der Waals surface area contributed by atoms with Crippen LogP contribution in [0.3, 0.4) is 0 Å². The summed E-state index contributed by atoms with van der Waals surface area (Å²) < 4.78 is 1.73. The van der Waals surface area contributed by atoms with E-state index in [-0.39, 0.29) is 6.61 Å². The second-order valence-corrected chi connectivity index (χ2v) is 3.14. The number of aliphatic hydroxyl groups is 1. The van der Waals surface area contributed by atoms with Gasteiger partial charge >= 0.3 is 0 Å². The van der Waals surface area contributed by atoms with Gasteiger partial charge in [-0.2, -0.15) is 0 Å². The van der Waals surface area contributed by atoms with Crippen LogP contribution in [0, 0.1) is 0 Å². The molecule has 13 heavy (non-hydrogen) atoms. The first-order valence-electron chi connectivity index (χ1n) is 4.42. The van der Waals surface area contributed by atoms with Crippen LogP contribution < -0.4 is 5.32 Å². The standard InChI is InChI=1S/C8H16N4O/c1-7(3-4-13)9-5-8-6-10-11-12(8)2/h6-7,9,13H,3-5H2,1-2H3. The van der Waals surface area contributed by atoms with E-state index in [1.807, 2.05) is 14.0 Å². The molecule has 1 unspecified atom stereocenters. The molecular weight excluding hydrogens is 168 g/mol. The fourth-order valence-corrected chi connectivity index (χ4v) is 1.05. The van der Waals surface area contributed by atoms with Crippen LogP contribution in [0.5, 0.6) is 0 Å². The van der Waals surface area contributed by atoms with E-state index in [1.165, 1.54) is 0 Å². The molecule has 1 rings (SSSR count). The van der Waals surface area contributed by atoms with E-state index < -0.39 is 0 Å². The minimum absolute atomic E-state index is 0.220. The van der Waals surface area contributed by atoms with Crippen LogP contribution in [0.25, 0.3) is 0 Å². The molecule has 0 bridgehead atoms. The van der Waals surface area contributed by atoms with Gasteiger partial charge in [-0.1, -0.05) is 5.21 Å². The fraction of sp³-hybridized carbons (Fsp3) is 0.750. The Morgan fingerprint density at radius 2 is 2.46 bits per heavy atom. The van der Waals surface area contributed by atoms with Gasteiger partial charge in [0.05, 0.1) is 11.9 Å². The Hall–Kier alpha value is -0.940. The van der Waals surface area contributed by atoms with Crippen molar-refractivity contribution in [1.82, 2.24) is 20.3 Å². The molecule has 5 nitrogen and oxygen atoms in total. The van der Waals surface area contributed by atoms with Gasteiger partial charge in [0, 0.05) is 26.2 Å². The maximum absolute atomic E-state index is 8.68. The van der Waals surface area contributed by atoms with Crippen molar-refractivity contribution in [2.75, 3.05) is 6.61 Å². The molecule has 0 saturated carbocycles. The van der Waals surface area contributed by atoms with Gasteiger partial charge in [0.25, 0.3) is 0 Å². The first-order valence-corrected chi connectivity index (χ1v) is 4.42. The molecule has 0 aliphatic heterocycles. The highest BCUT2D eigenvalue weighted by molar-refractivity contribution is 4.92. The van der Waals surface area contributed by atoms with Crippen molar-refractivity contribution in [2.45, 2.75) is 25.9 Å². The lowest BCUT2D eigenvalue weighted by Gasteiger charge is -2.11. The average molecular weight is 184 g/mol. The van der Waals surface area contributed by atoms with Crippen molar-refractivity contribution in [3.63, 3.8) is 0 Å². The van der Waals surface area contributed by atoms with Gasteiger partial charge in [0.15, 0.2) is 0 Å². The van der Waals surface area contributed by atoms with E-state index in [1.54, 1.807) is 10.9 Å². The Labute approximate surface area is 77.8 Å². The van der Waals surface area contributed by atoms with Gasteiger partial charge in [-0.05, 0) is 13.3 Å². The number of rotatable bonds is 5. The molecule has 0 aliphatic carbocycles. The van der Waals surface area contributed by atoms with E-state index in [2.05, 4.69) is 15.6 Å². The summed E-state index contributed by atoms with van der Waals surface area (Å²) in [4.78, 5) is 0. The zero-order valence-corrected chi connectivity index (χ0v) is 8.06. The monoisotopic (exact) mass is 184 g/mol. The summed E-state index contributed by atoms with van der Waals surface area (Å²) in [5.41, 5.74) is 1.05. The van der Waals surface area contributed by atoms with Crippen LogP contribution in [0.15, 0.2) is 6.20 Å². The first-order chi connectivity index (χ1) is 6.24. The van der Waals surface area contributed by atoms with E-state index in [4.69, 9.17) is 5.11 Å². The van der Waals surface area contributed by atoms with Crippen molar-refractivity contribution in [1.29, 1.82) is 0 Å². The molecular formula is C8H16N4O. The van der Waals surface area contributed by atoms with Gasteiger partial charge in [0.1, 0.15) is 0 Å². The lowest BCUT2D eigenvalue weighted by Crippen LogP contribution is -2.27. The Balaban J connectivity index is 2.30. The summed E-state index contributed by atoms with van der Waals surface area (Å²) in [5, 5.41) is 19.5. The van der Waals surface area contributed by atoms with Crippen LogP contribution in [0.1, 0.15) is 19.0 Å². The summed E-state index contributed by atoms with van der Waals surface area (Å²) in [7, 11) is 1.86. The summed E-state index contributed by atoms with van der Waals surface area (Å²) in [6.45, 7) is 3.00. The molecule has 1 atom stereocenters. The summed E-state index contributed by atoms with van der Waals surface area (Å²) >= 11 is 0. The molecule has 0 spiro atoms. The molecule has 0 amide bonds. The molecule has 0 radical (unpaired) electrons. The number of aliphatic hydroxyl groups excluding tert-OH is 1. The molecule has 0 aliphatic rings. The van der Waals surface area contributed by atoms with E-state index >= 15 is 0 Å². The lowest BCUT2D eigenvalue weighted by molar-refractivity contribution is 0.268. The maximum Gasteiger partial charge on any atom is 0.0738 e. The van der Waals surface area contributed by atoms with Gasteiger partial charge in [-0.25, -0.2) is 0 Å². The highest BCUT2D eigenvalue weighted by Crippen LogP contribution is 1.95. The number of hydrogen-bond acceptors (Lipinski definition) is 4. The number of nitrogens with one attached hydrogen (secondary N) is 1. The highest BCUT2D eigenvalue weighted by Gasteiger charge is 2.02. The molecule has 1 heterocycles. The van der Waals surface area contributed by atoms with Gasteiger partial charge in [-0.15, -0.1) is 5.10 Å². The number of hydrogen-bond donors (Lipinski definition) is 2. The average Bonchev–Trinajstić information content (AvgIpc) is 2.48. The summed E-state index contributed by atoms with van der Waals surface area (Å²) in [5.74, 6) is 0.